The first kappa shape index (κ1) is 18.3. The minimum atomic E-state index is -0.777. The molecule has 1 heterocycles. The second-order valence-electron chi connectivity index (χ2n) is 6.71. The van der Waals surface area contributed by atoms with E-state index in [1.165, 1.54) is 6.07 Å². The molecule has 2 atom stereocenters. The maximum atomic E-state index is 13.7. The number of piperidine rings is 1. The van der Waals surface area contributed by atoms with Gasteiger partial charge in [0.1, 0.15) is 11.6 Å². The number of rotatable bonds is 4. The second kappa shape index (κ2) is 7.83. The molecule has 2 N–H and O–H groups in total. The summed E-state index contributed by atoms with van der Waals surface area (Å²) in [5.74, 6) is -0.866. The van der Waals surface area contributed by atoms with Gasteiger partial charge in [0.2, 0.25) is 0 Å². The summed E-state index contributed by atoms with van der Waals surface area (Å²) in [7, 11) is 0. The fourth-order valence-corrected chi connectivity index (χ4v) is 3.16. The molecule has 1 aliphatic rings. The third-order valence-electron chi connectivity index (χ3n) is 4.71. The van der Waals surface area contributed by atoms with E-state index in [-0.39, 0.29) is 17.7 Å². The average molecular weight is 360 g/mol. The number of carbonyl (C=O) groups is 1. The summed E-state index contributed by atoms with van der Waals surface area (Å²) in [6, 6.07) is 9.67. The Bertz CT molecular complexity index is 778. The molecular formula is C20H22F2N2O2. The van der Waals surface area contributed by atoms with Crippen LogP contribution >= 0.6 is 0 Å². The van der Waals surface area contributed by atoms with Crippen molar-refractivity contribution in [3.05, 3.63) is 59.7 Å². The van der Waals surface area contributed by atoms with E-state index in [1.54, 1.807) is 24.3 Å². The number of likely N-dealkylation sites (tertiary alicyclic amines) is 1. The molecule has 0 bridgehead atoms. The molecule has 0 saturated carbocycles. The molecule has 2 aromatic rings. The lowest BCUT2D eigenvalue weighted by atomic mass is 9.92. The van der Waals surface area contributed by atoms with E-state index in [2.05, 4.69) is 0 Å². The van der Waals surface area contributed by atoms with Crippen LogP contribution in [0.5, 0.6) is 11.5 Å². The molecular weight excluding hydrogens is 338 g/mol. The van der Waals surface area contributed by atoms with Crippen molar-refractivity contribution >= 4 is 5.91 Å². The van der Waals surface area contributed by atoms with Gasteiger partial charge in [0.15, 0.2) is 11.6 Å². The van der Waals surface area contributed by atoms with Gasteiger partial charge in [-0.2, -0.15) is 0 Å². The number of benzene rings is 2. The molecule has 4 nitrogen and oxygen atoms in total. The summed E-state index contributed by atoms with van der Waals surface area (Å²) in [5.41, 5.74) is 6.52. The zero-order chi connectivity index (χ0) is 18.7. The van der Waals surface area contributed by atoms with Crippen LogP contribution in [0.1, 0.15) is 30.1 Å². The van der Waals surface area contributed by atoms with E-state index in [1.807, 2.05) is 11.8 Å². The molecule has 1 aliphatic heterocycles. The molecule has 6 heteroatoms. The molecule has 26 heavy (non-hydrogen) atoms. The first-order valence-corrected chi connectivity index (χ1v) is 8.72. The minimum Gasteiger partial charge on any atom is -0.454 e. The van der Waals surface area contributed by atoms with E-state index in [0.29, 0.717) is 23.8 Å². The van der Waals surface area contributed by atoms with Gasteiger partial charge >= 0.3 is 0 Å². The Labute approximate surface area is 151 Å². The van der Waals surface area contributed by atoms with Gasteiger partial charge in [0.05, 0.1) is 0 Å². The van der Waals surface area contributed by atoms with E-state index < -0.39 is 11.6 Å². The van der Waals surface area contributed by atoms with E-state index in [0.717, 1.165) is 31.5 Å². The second-order valence-corrected chi connectivity index (χ2v) is 6.71. The standard InChI is InChI=1S/C20H22F2N2O2/c1-13(23)15-3-2-10-24(12-15)20(25)14-4-7-17(8-5-14)26-19-9-6-16(21)11-18(19)22/h4-9,11,13,15H,2-3,10,12,23H2,1H3. The molecule has 2 aromatic carbocycles. The van der Waals surface area contributed by atoms with Gasteiger partial charge in [-0.1, -0.05) is 0 Å². The molecule has 0 aromatic heterocycles. The molecule has 1 fully saturated rings. The predicted octanol–water partition coefficient (Wildman–Crippen LogP) is 3.96. The van der Waals surface area contributed by atoms with Gasteiger partial charge in [0.25, 0.3) is 5.91 Å². The third-order valence-corrected chi connectivity index (χ3v) is 4.71. The Morgan fingerprint density at radius 3 is 2.62 bits per heavy atom. The van der Waals surface area contributed by atoms with Crippen molar-refractivity contribution < 1.29 is 18.3 Å². The summed E-state index contributed by atoms with van der Waals surface area (Å²) in [6.45, 7) is 3.36. The van der Waals surface area contributed by atoms with Crippen molar-refractivity contribution in [1.82, 2.24) is 4.90 Å². The Kier molecular flexibility index (Phi) is 5.52. The first-order valence-electron chi connectivity index (χ1n) is 8.72. The lowest BCUT2D eigenvalue weighted by Gasteiger charge is -2.34. The van der Waals surface area contributed by atoms with Crippen LogP contribution in [-0.4, -0.2) is 29.9 Å². The van der Waals surface area contributed by atoms with E-state index in [9.17, 15) is 13.6 Å². The van der Waals surface area contributed by atoms with Crippen molar-refractivity contribution in [1.29, 1.82) is 0 Å². The highest BCUT2D eigenvalue weighted by Crippen LogP contribution is 2.26. The first-order chi connectivity index (χ1) is 12.4. The Hall–Kier alpha value is -2.47. The van der Waals surface area contributed by atoms with Crippen molar-refractivity contribution in [2.24, 2.45) is 11.7 Å². The largest absolute Gasteiger partial charge is 0.454 e. The van der Waals surface area contributed by atoms with Crippen molar-refractivity contribution in [3.63, 3.8) is 0 Å². The Balaban J connectivity index is 1.68. The number of nitrogens with zero attached hydrogens (tertiary/aromatic N) is 1. The minimum absolute atomic E-state index is 0.0464. The lowest BCUT2D eigenvalue weighted by Crippen LogP contribution is -2.45. The van der Waals surface area contributed by atoms with Gasteiger partial charge < -0.3 is 15.4 Å². The SMILES string of the molecule is CC(N)C1CCCN(C(=O)c2ccc(Oc3ccc(F)cc3F)cc2)C1. The zero-order valence-electron chi connectivity index (χ0n) is 14.6. The highest BCUT2D eigenvalue weighted by molar-refractivity contribution is 5.94. The van der Waals surface area contributed by atoms with Crippen LogP contribution in [0.2, 0.25) is 0 Å². The third kappa shape index (κ3) is 4.19. The average Bonchev–Trinajstić information content (AvgIpc) is 2.64. The summed E-state index contributed by atoms with van der Waals surface area (Å²) in [4.78, 5) is 14.5. The maximum Gasteiger partial charge on any atom is 0.253 e. The van der Waals surface area contributed by atoms with E-state index >= 15 is 0 Å². The van der Waals surface area contributed by atoms with Crippen LogP contribution < -0.4 is 10.5 Å². The van der Waals surface area contributed by atoms with Crippen molar-refractivity contribution in [2.75, 3.05) is 13.1 Å². The normalized spacial score (nSPS) is 18.5. The predicted molar refractivity (Wildman–Crippen MR) is 95.2 cm³/mol. The van der Waals surface area contributed by atoms with Crippen molar-refractivity contribution in [2.45, 2.75) is 25.8 Å². The molecule has 1 saturated heterocycles. The van der Waals surface area contributed by atoms with E-state index in [4.69, 9.17) is 10.5 Å². The molecule has 1 amide bonds. The van der Waals surface area contributed by atoms with Crippen LogP contribution in [0.15, 0.2) is 42.5 Å². The highest BCUT2D eigenvalue weighted by atomic mass is 19.1. The zero-order valence-corrected chi connectivity index (χ0v) is 14.6. The van der Waals surface area contributed by atoms with Gasteiger partial charge in [-0.05, 0) is 62.1 Å². The highest BCUT2D eigenvalue weighted by Gasteiger charge is 2.26. The number of hydrogen-bond donors (Lipinski definition) is 1. The summed E-state index contributed by atoms with van der Waals surface area (Å²) in [5, 5.41) is 0. The number of nitrogens with two attached hydrogens (primary N) is 1. The molecule has 0 aliphatic carbocycles. The number of carbonyl (C=O) groups excluding carboxylic acids is 1. The monoisotopic (exact) mass is 360 g/mol. The van der Waals surface area contributed by atoms with Crippen LogP contribution in [0.4, 0.5) is 8.78 Å². The molecule has 2 unspecified atom stereocenters. The molecule has 0 radical (unpaired) electrons. The molecule has 0 spiro atoms. The smallest absolute Gasteiger partial charge is 0.253 e. The topological polar surface area (TPSA) is 55.6 Å². The fraction of sp³-hybridized carbons (Fsp3) is 0.350. The van der Waals surface area contributed by atoms with Crippen LogP contribution in [0.25, 0.3) is 0 Å². The maximum absolute atomic E-state index is 13.7. The van der Waals surface area contributed by atoms with Crippen LogP contribution in [0, 0.1) is 17.6 Å². The van der Waals surface area contributed by atoms with Gasteiger partial charge in [-0.25, -0.2) is 8.78 Å². The number of hydrogen-bond acceptors (Lipinski definition) is 3. The summed E-state index contributed by atoms with van der Waals surface area (Å²) >= 11 is 0. The van der Waals surface area contributed by atoms with Gasteiger partial charge in [0, 0.05) is 30.8 Å². The van der Waals surface area contributed by atoms with Crippen molar-refractivity contribution in [3.8, 4) is 11.5 Å². The fourth-order valence-electron chi connectivity index (χ4n) is 3.16. The van der Waals surface area contributed by atoms with Crippen LogP contribution in [0.3, 0.4) is 0 Å². The Morgan fingerprint density at radius 1 is 1.23 bits per heavy atom. The van der Waals surface area contributed by atoms with Gasteiger partial charge in [-0.15, -0.1) is 0 Å². The molecule has 138 valence electrons. The lowest BCUT2D eigenvalue weighted by molar-refractivity contribution is 0.0661. The number of amides is 1. The number of halogens is 2. The quantitative estimate of drug-likeness (QED) is 0.898. The Morgan fingerprint density at radius 2 is 1.96 bits per heavy atom. The summed E-state index contributed by atoms with van der Waals surface area (Å²) in [6.07, 6.45) is 1.99. The molecule has 3 rings (SSSR count). The van der Waals surface area contributed by atoms with Crippen LogP contribution in [-0.2, 0) is 0 Å². The summed E-state index contributed by atoms with van der Waals surface area (Å²) < 4.78 is 32.0. The van der Waals surface area contributed by atoms with Gasteiger partial charge in [-0.3, -0.25) is 4.79 Å². The number of ether oxygens (including phenoxy) is 1.